The fourth-order valence-electron chi connectivity index (χ4n) is 1.06. The van der Waals surface area contributed by atoms with Gasteiger partial charge in [-0.05, 0) is 12.5 Å². The molecule has 0 aliphatic carbocycles. The lowest BCUT2D eigenvalue weighted by Gasteiger charge is -2.12. The first kappa shape index (κ1) is 10.2. The molecule has 5 heteroatoms. The lowest BCUT2D eigenvalue weighted by atomic mass is 10.1. The van der Waals surface area contributed by atoms with Crippen molar-refractivity contribution in [3.05, 3.63) is 22.8 Å². The third-order valence-corrected chi connectivity index (χ3v) is 1.96. The second-order valence-electron chi connectivity index (χ2n) is 2.75. The second-order valence-corrected chi connectivity index (χ2v) is 3.18. The fraction of sp³-hybridized carbons (Fsp3) is 0.375. The SMILES string of the molecule is Nc1ncc(Cl)cc1C(N)CCO. The summed E-state index contributed by atoms with van der Waals surface area (Å²) in [5.41, 5.74) is 12.0. The van der Waals surface area contributed by atoms with E-state index in [1.807, 2.05) is 0 Å². The van der Waals surface area contributed by atoms with Crippen LogP contribution < -0.4 is 11.5 Å². The van der Waals surface area contributed by atoms with Crippen LogP contribution in [0.1, 0.15) is 18.0 Å². The highest BCUT2D eigenvalue weighted by molar-refractivity contribution is 6.30. The van der Waals surface area contributed by atoms with Crippen molar-refractivity contribution in [2.75, 3.05) is 12.3 Å². The number of nitrogen functional groups attached to an aromatic ring is 1. The van der Waals surface area contributed by atoms with Gasteiger partial charge < -0.3 is 16.6 Å². The quantitative estimate of drug-likeness (QED) is 0.672. The summed E-state index contributed by atoms with van der Waals surface area (Å²) in [6, 6.07) is 1.36. The van der Waals surface area contributed by atoms with E-state index < -0.39 is 0 Å². The van der Waals surface area contributed by atoms with E-state index in [1.54, 1.807) is 6.07 Å². The highest BCUT2D eigenvalue weighted by Gasteiger charge is 2.10. The van der Waals surface area contributed by atoms with Crippen LogP contribution in [0.5, 0.6) is 0 Å². The summed E-state index contributed by atoms with van der Waals surface area (Å²) in [5, 5.41) is 9.18. The van der Waals surface area contributed by atoms with Crippen LogP contribution in [0.3, 0.4) is 0 Å². The molecule has 0 amide bonds. The summed E-state index contributed by atoms with van der Waals surface area (Å²) >= 11 is 5.72. The average Bonchev–Trinajstić information content (AvgIpc) is 2.09. The molecule has 0 aliphatic rings. The van der Waals surface area contributed by atoms with Gasteiger partial charge in [-0.15, -0.1) is 0 Å². The van der Waals surface area contributed by atoms with Crippen LogP contribution in [-0.4, -0.2) is 16.7 Å². The number of rotatable bonds is 3. The molecule has 0 fully saturated rings. The standard InChI is InChI=1S/C8H12ClN3O/c9-5-3-6(7(10)1-2-13)8(11)12-4-5/h3-4,7,13H,1-2,10H2,(H2,11,12). The van der Waals surface area contributed by atoms with E-state index in [2.05, 4.69) is 4.98 Å². The molecule has 0 saturated carbocycles. The van der Waals surface area contributed by atoms with Crippen LogP contribution in [-0.2, 0) is 0 Å². The van der Waals surface area contributed by atoms with Crippen molar-refractivity contribution >= 4 is 17.4 Å². The van der Waals surface area contributed by atoms with Crippen molar-refractivity contribution in [3.8, 4) is 0 Å². The number of aromatic nitrogens is 1. The Bertz CT molecular complexity index is 293. The number of nitrogens with two attached hydrogens (primary N) is 2. The van der Waals surface area contributed by atoms with Gasteiger partial charge >= 0.3 is 0 Å². The molecule has 1 aromatic rings. The Labute approximate surface area is 81.5 Å². The Morgan fingerprint density at radius 3 is 2.92 bits per heavy atom. The van der Waals surface area contributed by atoms with Gasteiger partial charge in [-0.3, -0.25) is 0 Å². The van der Waals surface area contributed by atoms with Crippen LogP contribution >= 0.6 is 11.6 Å². The van der Waals surface area contributed by atoms with E-state index in [1.165, 1.54) is 6.20 Å². The maximum atomic E-state index is 8.68. The molecule has 1 atom stereocenters. The maximum Gasteiger partial charge on any atom is 0.128 e. The topological polar surface area (TPSA) is 85.2 Å². The molecule has 1 aromatic heterocycles. The molecule has 5 N–H and O–H groups in total. The molecule has 0 aromatic carbocycles. The van der Waals surface area contributed by atoms with Crippen LogP contribution in [0.25, 0.3) is 0 Å². The molecule has 72 valence electrons. The first-order valence-corrected chi connectivity index (χ1v) is 4.30. The predicted octanol–water partition coefficient (Wildman–Crippen LogP) is 0.699. The van der Waals surface area contributed by atoms with E-state index in [4.69, 9.17) is 28.2 Å². The average molecular weight is 202 g/mol. The van der Waals surface area contributed by atoms with Gasteiger partial charge in [0.25, 0.3) is 0 Å². The Morgan fingerprint density at radius 1 is 1.62 bits per heavy atom. The normalized spacial score (nSPS) is 12.8. The highest BCUT2D eigenvalue weighted by atomic mass is 35.5. The van der Waals surface area contributed by atoms with Crippen molar-refractivity contribution in [3.63, 3.8) is 0 Å². The molecule has 0 spiro atoms. The van der Waals surface area contributed by atoms with Gasteiger partial charge in [-0.1, -0.05) is 11.6 Å². The van der Waals surface area contributed by atoms with Crippen LogP contribution in [0.2, 0.25) is 5.02 Å². The minimum Gasteiger partial charge on any atom is -0.396 e. The molecule has 0 saturated heterocycles. The molecule has 1 rings (SSSR count). The molecular formula is C8H12ClN3O. The van der Waals surface area contributed by atoms with Crippen molar-refractivity contribution in [2.24, 2.45) is 5.73 Å². The smallest absolute Gasteiger partial charge is 0.128 e. The van der Waals surface area contributed by atoms with Crippen molar-refractivity contribution in [2.45, 2.75) is 12.5 Å². The second kappa shape index (κ2) is 4.41. The molecule has 0 bridgehead atoms. The van der Waals surface area contributed by atoms with Gasteiger partial charge in [-0.2, -0.15) is 0 Å². The van der Waals surface area contributed by atoms with E-state index in [9.17, 15) is 0 Å². The summed E-state index contributed by atoms with van der Waals surface area (Å²) in [6.45, 7) is 0.0210. The Hall–Kier alpha value is -0.840. The third kappa shape index (κ3) is 2.55. The molecule has 4 nitrogen and oxygen atoms in total. The van der Waals surface area contributed by atoms with Gasteiger partial charge in [0, 0.05) is 24.4 Å². The third-order valence-electron chi connectivity index (χ3n) is 1.76. The zero-order chi connectivity index (χ0) is 9.84. The molecule has 1 heterocycles. The number of nitrogens with zero attached hydrogens (tertiary/aromatic N) is 1. The molecule has 13 heavy (non-hydrogen) atoms. The first-order valence-electron chi connectivity index (χ1n) is 3.92. The molecule has 0 radical (unpaired) electrons. The van der Waals surface area contributed by atoms with Gasteiger partial charge in [0.1, 0.15) is 5.82 Å². The minimum absolute atomic E-state index is 0.0210. The van der Waals surface area contributed by atoms with E-state index in [0.29, 0.717) is 22.8 Å². The largest absolute Gasteiger partial charge is 0.396 e. The van der Waals surface area contributed by atoms with Gasteiger partial charge in [0.15, 0.2) is 0 Å². The van der Waals surface area contributed by atoms with Crippen molar-refractivity contribution < 1.29 is 5.11 Å². The van der Waals surface area contributed by atoms with E-state index in [0.717, 1.165) is 0 Å². The lowest BCUT2D eigenvalue weighted by Crippen LogP contribution is -2.14. The van der Waals surface area contributed by atoms with Gasteiger partial charge in [0.2, 0.25) is 0 Å². The van der Waals surface area contributed by atoms with E-state index in [-0.39, 0.29) is 12.6 Å². The number of anilines is 1. The zero-order valence-corrected chi connectivity index (χ0v) is 7.83. The maximum absolute atomic E-state index is 8.68. The number of aliphatic hydroxyl groups is 1. The summed E-state index contributed by atoms with van der Waals surface area (Å²) in [6.07, 6.45) is 1.91. The van der Waals surface area contributed by atoms with Gasteiger partial charge in [-0.25, -0.2) is 4.98 Å². The van der Waals surface area contributed by atoms with Gasteiger partial charge in [0.05, 0.1) is 5.02 Å². The Morgan fingerprint density at radius 2 is 2.31 bits per heavy atom. The summed E-state index contributed by atoms with van der Waals surface area (Å²) in [7, 11) is 0. The number of hydrogen-bond acceptors (Lipinski definition) is 4. The predicted molar refractivity (Wildman–Crippen MR) is 52.3 cm³/mol. The van der Waals surface area contributed by atoms with Crippen molar-refractivity contribution in [1.29, 1.82) is 0 Å². The zero-order valence-electron chi connectivity index (χ0n) is 7.07. The molecular weight excluding hydrogens is 190 g/mol. The van der Waals surface area contributed by atoms with Crippen LogP contribution in [0.4, 0.5) is 5.82 Å². The number of halogens is 1. The number of aliphatic hydroxyl groups excluding tert-OH is 1. The minimum atomic E-state index is -0.309. The summed E-state index contributed by atoms with van der Waals surface area (Å²) in [4.78, 5) is 3.87. The monoisotopic (exact) mass is 201 g/mol. The van der Waals surface area contributed by atoms with Crippen LogP contribution in [0, 0.1) is 0 Å². The van der Waals surface area contributed by atoms with Crippen molar-refractivity contribution in [1.82, 2.24) is 4.98 Å². The summed E-state index contributed by atoms with van der Waals surface area (Å²) in [5.74, 6) is 0.366. The Kier molecular flexibility index (Phi) is 3.48. The van der Waals surface area contributed by atoms with E-state index >= 15 is 0 Å². The Balaban J connectivity index is 2.91. The number of pyridine rings is 1. The first-order chi connectivity index (χ1) is 6.15. The number of hydrogen-bond donors (Lipinski definition) is 3. The highest BCUT2D eigenvalue weighted by Crippen LogP contribution is 2.22. The fourth-order valence-corrected chi connectivity index (χ4v) is 1.22. The summed E-state index contributed by atoms with van der Waals surface area (Å²) < 4.78 is 0. The lowest BCUT2D eigenvalue weighted by molar-refractivity contribution is 0.276. The molecule has 1 unspecified atom stereocenters. The molecule has 0 aliphatic heterocycles. The van der Waals surface area contributed by atoms with Crippen LogP contribution in [0.15, 0.2) is 12.3 Å².